The Kier molecular flexibility index (Phi) is 4.47. The topological polar surface area (TPSA) is 41.4 Å². The minimum Gasteiger partial charge on any atom is -0.331 e. The van der Waals surface area contributed by atoms with Crippen LogP contribution in [0.25, 0.3) is 11.0 Å². The highest BCUT2D eigenvalue weighted by molar-refractivity contribution is 5.84. The van der Waals surface area contributed by atoms with Crippen LogP contribution < -0.4 is 0 Å². The molecule has 5 heteroatoms. The van der Waals surface area contributed by atoms with Gasteiger partial charge in [0, 0.05) is 19.6 Å². The number of hydrogen-bond donors (Lipinski definition) is 0. The van der Waals surface area contributed by atoms with Crippen LogP contribution in [0.2, 0.25) is 0 Å². The molecule has 4 rings (SSSR count). The van der Waals surface area contributed by atoms with Gasteiger partial charge in [0.25, 0.3) is 0 Å². The molecule has 0 N–H and O–H groups in total. The maximum Gasteiger partial charge on any atom is 0.246 e. The predicted octanol–water partition coefficient (Wildman–Crippen LogP) is 3.11. The van der Waals surface area contributed by atoms with Crippen LogP contribution in [-0.4, -0.2) is 51.9 Å². The molecule has 1 fully saturated rings. The standard InChI is InChI=1S/C21H24N4O/c1-16(25-15-22-18-10-6-7-11-19(18)25)21(26)24-13-12-23(2)14-20(24)17-8-4-3-5-9-17/h3-11,15-16,20H,12-14H2,1-2H3/t16-,20+/m0/s1. The van der Waals surface area contributed by atoms with E-state index in [-0.39, 0.29) is 18.0 Å². The van der Waals surface area contributed by atoms with Crippen LogP contribution in [0.15, 0.2) is 60.9 Å². The summed E-state index contributed by atoms with van der Waals surface area (Å²) in [5.74, 6) is 0.148. The van der Waals surface area contributed by atoms with E-state index in [0.29, 0.717) is 0 Å². The summed E-state index contributed by atoms with van der Waals surface area (Å²) in [4.78, 5) is 22.2. The van der Waals surface area contributed by atoms with Crippen LogP contribution in [0.5, 0.6) is 0 Å². The van der Waals surface area contributed by atoms with Gasteiger partial charge in [0.05, 0.1) is 23.4 Å². The molecule has 2 atom stereocenters. The Bertz CT molecular complexity index is 905. The molecule has 1 amide bonds. The molecule has 3 aromatic rings. The third kappa shape index (κ3) is 2.99. The zero-order chi connectivity index (χ0) is 18.1. The van der Waals surface area contributed by atoms with Crippen LogP contribution >= 0.6 is 0 Å². The van der Waals surface area contributed by atoms with E-state index in [1.165, 1.54) is 5.56 Å². The lowest BCUT2D eigenvalue weighted by Gasteiger charge is -2.41. The Morgan fingerprint density at radius 2 is 1.81 bits per heavy atom. The zero-order valence-corrected chi connectivity index (χ0v) is 15.2. The van der Waals surface area contributed by atoms with Crippen molar-refractivity contribution >= 4 is 16.9 Å². The van der Waals surface area contributed by atoms with Gasteiger partial charge in [-0.15, -0.1) is 0 Å². The van der Waals surface area contributed by atoms with Crippen LogP contribution in [0.3, 0.4) is 0 Å². The van der Waals surface area contributed by atoms with E-state index < -0.39 is 0 Å². The molecule has 2 heterocycles. The highest BCUT2D eigenvalue weighted by atomic mass is 16.2. The SMILES string of the molecule is C[C@@H](C(=O)N1CCN(C)C[C@@H]1c1ccccc1)n1cnc2ccccc21. The lowest BCUT2D eigenvalue weighted by atomic mass is 10.0. The van der Waals surface area contributed by atoms with E-state index in [1.807, 2.05) is 58.9 Å². The van der Waals surface area contributed by atoms with Crippen molar-refractivity contribution in [1.29, 1.82) is 0 Å². The second-order valence-electron chi connectivity index (χ2n) is 7.04. The first-order valence-electron chi connectivity index (χ1n) is 9.10. The highest BCUT2D eigenvalue weighted by Gasteiger charge is 2.33. The molecule has 26 heavy (non-hydrogen) atoms. The number of nitrogens with zero attached hydrogens (tertiary/aromatic N) is 4. The number of imidazole rings is 1. The molecular weight excluding hydrogens is 324 g/mol. The van der Waals surface area contributed by atoms with Crippen molar-refractivity contribution in [1.82, 2.24) is 19.4 Å². The molecule has 0 saturated carbocycles. The monoisotopic (exact) mass is 348 g/mol. The van der Waals surface area contributed by atoms with Gasteiger partial charge in [0.2, 0.25) is 5.91 Å². The number of piperazine rings is 1. The number of para-hydroxylation sites is 2. The van der Waals surface area contributed by atoms with Gasteiger partial charge in [-0.1, -0.05) is 42.5 Å². The smallest absolute Gasteiger partial charge is 0.246 e. The maximum absolute atomic E-state index is 13.4. The third-order valence-corrected chi connectivity index (χ3v) is 5.31. The number of hydrogen-bond acceptors (Lipinski definition) is 3. The largest absolute Gasteiger partial charge is 0.331 e. The summed E-state index contributed by atoms with van der Waals surface area (Å²) in [6, 6.07) is 18.1. The molecule has 0 radical (unpaired) electrons. The van der Waals surface area contributed by atoms with Crippen LogP contribution in [0.1, 0.15) is 24.6 Å². The summed E-state index contributed by atoms with van der Waals surface area (Å²) < 4.78 is 1.98. The molecule has 5 nitrogen and oxygen atoms in total. The van der Waals surface area contributed by atoms with Crippen molar-refractivity contribution in [3.63, 3.8) is 0 Å². The first-order valence-corrected chi connectivity index (χ1v) is 9.10. The van der Waals surface area contributed by atoms with E-state index >= 15 is 0 Å². The molecule has 0 unspecified atom stereocenters. The predicted molar refractivity (Wildman–Crippen MR) is 103 cm³/mol. The van der Waals surface area contributed by atoms with E-state index in [9.17, 15) is 4.79 Å². The third-order valence-electron chi connectivity index (χ3n) is 5.31. The molecule has 1 saturated heterocycles. The summed E-state index contributed by atoms with van der Waals surface area (Å²) in [6.07, 6.45) is 1.78. The van der Waals surface area contributed by atoms with Gasteiger partial charge in [-0.25, -0.2) is 4.98 Å². The van der Waals surface area contributed by atoms with E-state index in [4.69, 9.17) is 0 Å². The van der Waals surface area contributed by atoms with E-state index in [2.05, 4.69) is 29.1 Å². The number of aromatic nitrogens is 2. The quantitative estimate of drug-likeness (QED) is 0.730. The van der Waals surface area contributed by atoms with Crippen LogP contribution in [0, 0.1) is 0 Å². The van der Waals surface area contributed by atoms with Crippen molar-refractivity contribution in [3.05, 3.63) is 66.5 Å². The Morgan fingerprint density at radius 3 is 2.62 bits per heavy atom. The van der Waals surface area contributed by atoms with Crippen molar-refractivity contribution < 1.29 is 4.79 Å². The van der Waals surface area contributed by atoms with E-state index in [1.54, 1.807) is 6.33 Å². The number of likely N-dealkylation sites (N-methyl/N-ethyl adjacent to an activating group) is 1. The first-order chi connectivity index (χ1) is 12.6. The normalized spacial score (nSPS) is 19.6. The van der Waals surface area contributed by atoms with Crippen molar-refractivity contribution in [3.8, 4) is 0 Å². The molecule has 0 aliphatic carbocycles. The van der Waals surface area contributed by atoms with Crippen molar-refractivity contribution in [2.24, 2.45) is 0 Å². The molecule has 134 valence electrons. The Labute approximate surface area is 153 Å². The van der Waals surface area contributed by atoms with Crippen molar-refractivity contribution in [2.75, 3.05) is 26.7 Å². The van der Waals surface area contributed by atoms with Crippen LogP contribution in [0.4, 0.5) is 0 Å². The minimum atomic E-state index is -0.281. The fraction of sp³-hybridized carbons (Fsp3) is 0.333. The molecule has 1 aromatic heterocycles. The molecule has 1 aliphatic rings. The van der Waals surface area contributed by atoms with Crippen LogP contribution in [-0.2, 0) is 4.79 Å². The summed E-state index contributed by atoms with van der Waals surface area (Å²) in [6.45, 7) is 4.46. The maximum atomic E-state index is 13.4. The fourth-order valence-electron chi connectivity index (χ4n) is 3.79. The molecular formula is C21H24N4O. The minimum absolute atomic E-state index is 0.0830. The fourth-order valence-corrected chi connectivity index (χ4v) is 3.79. The number of carbonyl (C=O) groups excluding carboxylic acids is 1. The summed E-state index contributed by atoms with van der Waals surface area (Å²) in [7, 11) is 2.12. The second kappa shape index (κ2) is 6.92. The van der Waals surface area contributed by atoms with Crippen molar-refractivity contribution in [2.45, 2.75) is 19.0 Å². The Balaban J connectivity index is 1.65. The molecule has 1 aliphatic heterocycles. The van der Waals surface area contributed by atoms with Gasteiger partial charge >= 0.3 is 0 Å². The number of amides is 1. The van der Waals surface area contributed by atoms with Gasteiger partial charge in [-0.2, -0.15) is 0 Å². The number of fused-ring (bicyclic) bond motifs is 1. The number of carbonyl (C=O) groups is 1. The molecule has 2 aromatic carbocycles. The average molecular weight is 348 g/mol. The highest BCUT2D eigenvalue weighted by Crippen LogP contribution is 2.28. The second-order valence-corrected chi connectivity index (χ2v) is 7.04. The Hall–Kier alpha value is -2.66. The van der Waals surface area contributed by atoms with E-state index in [0.717, 1.165) is 30.7 Å². The van der Waals surface area contributed by atoms with Gasteiger partial charge in [-0.05, 0) is 31.7 Å². The lowest BCUT2D eigenvalue weighted by molar-refractivity contribution is -0.139. The molecule has 0 bridgehead atoms. The number of benzene rings is 2. The van der Waals surface area contributed by atoms with Gasteiger partial charge in [-0.3, -0.25) is 4.79 Å². The lowest BCUT2D eigenvalue weighted by Crippen LogP contribution is -2.50. The summed E-state index contributed by atoms with van der Waals surface area (Å²) in [5, 5.41) is 0. The van der Waals surface area contributed by atoms with Gasteiger partial charge in [0.15, 0.2) is 0 Å². The summed E-state index contributed by atoms with van der Waals surface area (Å²) >= 11 is 0. The first kappa shape index (κ1) is 16.8. The number of rotatable bonds is 3. The average Bonchev–Trinajstić information content (AvgIpc) is 3.11. The zero-order valence-electron chi connectivity index (χ0n) is 15.2. The Morgan fingerprint density at radius 1 is 1.08 bits per heavy atom. The molecule has 0 spiro atoms. The van der Waals surface area contributed by atoms with Gasteiger partial charge < -0.3 is 14.4 Å². The van der Waals surface area contributed by atoms with Gasteiger partial charge in [0.1, 0.15) is 6.04 Å². The summed E-state index contributed by atoms with van der Waals surface area (Å²) in [5.41, 5.74) is 3.11.